The summed E-state index contributed by atoms with van der Waals surface area (Å²) >= 11 is 0. The topological polar surface area (TPSA) is 40.5 Å². The van der Waals surface area contributed by atoms with Gasteiger partial charge in [-0.2, -0.15) is 0 Å². The summed E-state index contributed by atoms with van der Waals surface area (Å²) in [7, 11) is 0. The van der Waals surface area contributed by atoms with Gasteiger partial charge in [-0.1, -0.05) is 24.8 Å². The lowest BCUT2D eigenvalue weighted by molar-refractivity contribution is 0.292. The lowest BCUT2D eigenvalue weighted by atomic mass is 9.79. The third-order valence-corrected chi connectivity index (χ3v) is 5.19. The number of aliphatic hydroxyl groups is 1. The lowest BCUT2D eigenvalue weighted by Gasteiger charge is -2.26. The van der Waals surface area contributed by atoms with E-state index in [4.69, 9.17) is 0 Å². The van der Waals surface area contributed by atoms with Gasteiger partial charge in [-0.3, -0.25) is 0 Å². The van der Waals surface area contributed by atoms with Crippen molar-refractivity contribution in [1.82, 2.24) is 0 Å². The van der Waals surface area contributed by atoms with Gasteiger partial charge in [-0.05, 0) is 67.9 Å². The maximum atomic E-state index is 10.9. The quantitative estimate of drug-likeness (QED) is 0.777. The summed E-state index contributed by atoms with van der Waals surface area (Å²) in [4.78, 5) is 0. The van der Waals surface area contributed by atoms with E-state index in [-0.39, 0.29) is 5.41 Å². The van der Waals surface area contributed by atoms with Crippen LogP contribution in [0.4, 0.5) is 0 Å². The van der Waals surface area contributed by atoms with E-state index in [0.29, 0.717) is 11.5 Å². The fourth-order valence-corrected chi connectivity index (χ4v) is 4.07. The highest BCUT2D eigenvalue weighted by Gasteiger charge is 2.49. The van der Waals surface area contributed by atoms with Crippen LogP contribution in [0, 0.1) is 6.92 Å². The number of benzene rings is 1. The van der Waals surface area contributed by atoms with Gasteiger partial charge in [0, 0.05) is 5.56 Å². The van der Waals surface area contributed by atoms with E-state index in [9.17, 15) is 10.2 Å². The van der Waals surface area contributed by atoms with Gasteiger partial charge in [0.15, 0.2) is 0 Å². The first-order chi connectivity index (χ1) is 10.0. The zero-order chi connectivity index (χ0) is 15.2. The molecule has 2 aliphatic carbocycles. The number of rotatable bonds is 2. The SMILES string of the molecule is C=C/C=C(/C)C1=C(O)C2(CC1)CCc1c(C)ccc(O)c12. The molecule has 2 aliphatic rings. The first-order valence-electron chi connectivity index (χ1n) is 7.55. The van der Waals surface area contributed by atoms with Crippen LogP contribution in [0.2, 0.25) is 0 Å². The molecule has 110 valence electrons. The molecule has 0 heterocycles. The molecule has 0 saturated heterocycles. The molecular weight excluding hydrogens is 260 g/mol. The Morgan fingerprint density at radius 1 is 1.24 bits per heavy atom. The Hall–Kier alpha value is -1.96. The highest BCUT2D eigenvalue weighted by molar-refractivity contribution is 5.58. The Labute approximate surface area is 126 Å². The summed E-state index contributed by atoms with van der Waals surface area (Å²) in [5.41, 5.74) is 5.09. The van der Waals surface area contributed by atoms with Gasteiger partial charge in [0.2, 0.25) is 0 Å². The Bertz CT molecular complexity index is 679. The maximum Gasteiger partial charge on any atom is 0.120 e. The normalized spacial score (nSPS) is 24.8. The summed E-state index contributed by atoms with van der Waals surface area (Å²) < 4.78 is 0. The minimum Gasteiger partial charge on any atom is -0.511 e. The lowest BCUT2D eigenvalue weighted by Crippen LogP contribution is -2.22. The van der Waals surface area contributed by atoms with Gasteiger partial charge in [0.05, 0.1) is 5.41 Å². The molecule has 0 aliphatic heterocycles. The third-order valence-electron chi connectivity index (χ3n) is 5.19. The molecule has 0 amide bonds. The molecule has 2 heteroatoms. The molecule has 0 saturated carbocycles. The summed E-state index contributed by atoms with van der Waals surface area (Å²) in [5.74, 6) is 0.781. The number of phenols is 1. The van der Waals surface area contributed by atoms with Gasteiger partial charge in [0.25, 0.3) is 0 Å². The molecule has 0 aromatic heterocycles. The van der Waals surface area contributed by atoms with E-state index in [1.165, 1.54) is 11.1 Å². The second-order valence-electron chi connectivity index (χ2n) is 6.25. The van der Waals surface area contributed by atoms with Crippen molar-refractivity contribution in [1.29, 1.82) is 0 Å². The van der Waals surface area contributed by atoms with Gasteiger partial charge >= 0.3 is 0 Å². The third kappa shape index (κ3) is 1.85. The molecule has 3 rings (SSSR count). The van der Waals surface area contributed by atoms with Crippen molar-refractivity contribution in [2.24, 2.45) is 0 Å². The standard InChI is InChI=1S/C19H22O2/c1-4-5-12(2)15-9-11-19(18(15)21)10-8-14-13(3)6-7-16(20)17(14)19/h4-7,20-21H,1,8-11H2,2-3H3/b12-5-. The molecule has 1 aromatic carbocycles. The van der Waals surface area contributed by atoms with Crippen molar-refractivity contribution >= 4 is 0 Å². The predicted molar refractivity (Wildman–Crippen MR) is 85.7 cm³/mol. The summed E-state index contributed by atoms with van der Waals surface area (Å²) in [6.45, 7) is 7.82. The summed E-state index contributed by atoms with van der Waals surface area (Å²) in [5, 5.41) is 21.3. The average Bonchev–Trinajstić information content (AvgIpc) is 3.00. The van der Waals surface area contributed by atoms with E-state index in [1.807, 2.05) is 19.1 Å². The predicted octanol–water partition coefficient (Wildman–Crippen LogP) is 4.62. The van der Waals surface area contributed by atoms with Crippen molar-refractivity contribution < 1.29 is 10.2 Å². The fourth-order valence-electron chi connectivity index (χ4n) is 4.07. The first-order valence-corrected chi connectivity index (χ1v) is 7.55. The summed E-state index contributed by atoms with van der Waals surface area (Å²) in [6.07, 6.45) is 7.24. The van der Waals surface area contributed by atoms with E-state index >= 15 is 0 Å². The van der Waals surface area contributed by atoms with Crippen LogP contribution in [0.25, 0.3) is 0 Å². The van der Waals surface area contributed by atoms with Crippen LogP contribution in [0.3, 0.4) is 0 Å². The number of aromatic hydroxyl groups is 1. The fraction of sp³-hybridized carbons (Fsp3) is 0.368. The second-order valence-corrected chi connectivity index (χ2v) is 6.25. The number of aryl methyl sites for hydroxylation is 1. The van der Waals surface area contributed by atoms with Gasteiger partial charge in [-0.15, -0.1) is 0 Å². The van der Waals surface area contributed by atoms with E-state index < -0.39 is 0 Å². The number of fused-ring (bicyclic) bond motifs is 2. The van der Waals surface area contributed by atoms with E-state index in [1.54, 1.807) is 12.1 Å². The van der Waals surface area contributed by atoms with E-state index in [0.717, 1.165) is 42.4 Å². The minimum atomic E-state index is -0.378. The van der Waals surface area contributed by atoms with Crippen molar-refractivity contribution in [3.05, 3.63) is 64.5 Å². The van der Waals surface area contributed by atoms with Crippen LogP contribution in [0.5, 0.6) is 5.75 Å². The first kappa shape index (κ1) is 14.0. The second kappa shape index (κ2) is 4.80. The van der Waals surface area contributed by atoms with Gasteiger partial charge in [0.1, 0.15) is 11.5 Å². The molecule has 1 spiro atoms. The van der Waals surface area contributed by atoms with Crippen LogP contribution in [0.15, 0.2) is 47.8 Å². The van der Waals surface area contributed by atoms with Crippen LogP contribution in [0.1, 0.15) is 42.9 Å². The monoisotopic (exact) mass is 282 g/mol. The molecule has 0 radical (unpaired) electrons. The smallest absolute Gasteiger partial charge is 0.120 e. The molecular formula is C19H22O2. The molecule has 0 bridgehead atoms. The number of hydrogen-bond donors (Lipinski definition) is 2. The van der Waals surface area contributed by atoms with Crippen LogP contribution >= 0.6 is 0 Å². The van der Waals surface area contributed by atoms with Crippen molar-refractivity contribution in [3.63, 3.8) is 0 Å². The molecule has 21 heavy (non-hydrogen) atoms. The number of phenolic OH excluding ortho intramolecular Hbond substituents is 1. The highest BCUT2D eigenvalue weighted by atomic mass is 16.3. The molecule has 1 atom stereocenters. The number of allylic oxidation sites excluding steroid dienone is 5. The number of hydrogen-bond acceptors (Lipinski definition) is 2. The Balaban J connectivity index is 2.18. The molecule has 1 unspecified atom stereocenters. The molecule has 2 nitrogen and oxygen atoms in total. The summed E-state index contributed by atoms with van der Waals surface area (Å²) in [6, 6.07) is 3.73. The largest absolute Gasteiger partial charge is 0.511 e. The van der Waals surface area contributed by atoms with Crippen LogP contribution < -0.4 is 0 Å². The van der Waals surface area contributed by atoms with Crippen LogP contribution in [-0.4, -0.2) is 10.2 Å². The van der Waals surface area contributed by atoms with Crippen LogP contribution in [-0.2, 0) is 11.8 Å². The van der Waals surface area contributed by atoms with Crippen molar-refractivity contribution in [2.75, 3.05) is 0 Å². The average molecular weight is 282 g/mol. The maximum absolute atomic E-state index is 10.9. The zero-order valence-corrected chi connectivity index (χ0v) is 12.7. The Morgan fingerprint density at radius 2 is 1.95 bits per heavy atom. The zero-order valence-electron chi connectivity index (χ0n) is 12.7. The van der Waals surface area contributed by atoms with Gasteiger partial charge < -0.3 is 10.2 Å². The molecule has 1 aromatic rings. The highest BCUT2D eigenvalue weighted by Crippen LogP contribution is 2.56. The number of aliphatic hydroxyl groups excluding tert-OH is 1. The molecule has 2 N–H and O–H groups in total. The van der Waals surface area contributed by atoms with E-state index in [2.05, 4.69) is 13.5 Å². The molecule has 0 fully saturated rings. The van der Waals surface area contributed by atoms with Crippen molar-refractivity contribution in [3.8, 4) is 5.75 Å². The minimum absolute atomic E-state index is 0.325. The Morgan fingerprint density at radius 3 is 2.67 bits per heavy atom. The van der Waals surface area contributed by atoms with Gasteiger partial charge in [-0.25, -0.2) is 0 Å². The van der Waals surface area contributed by atoms with Crippen molar-refractivity contribution in [2.45, 2.75) is 44.9 Å². The Kier molecular flexibility index (Phi) is 3.20.